The van der Waals surface area contributed by atoms with E-state index in [0.717, 1.165) is 28.6 Å². The molecule has 0 bridgehead atoms. The molecule has 0 N–H and O–H groups in total. The molecule has 0 radical (unpaired) electrons. The Morgan fingerprint density at radius 2 is 1.53 bits per heavy atom. The van der Waals surface area contributed by atoms with Gasteiger partial charge in [0.1, 0.15) is 0 Å². The van der Waals surface area contributed by atoms with Crippen molar-refractivity contribution in [3.05, 3.63) is 70.0 Å². The Balaban J connectivity index is 1.56. The second-order valence-corrected chi connectivity index (χ2v) is 9.06. The van der Waals surface area contributed by atoms with Gasteiger partial charge in [0.05, 0.1) is 11.3 Å². The molecule has 0 amide bonds. The number of rotatable bonds is 2. The molecule has 2 aliphatic heterocycles. The van der Waals surface area contributed by atoms with E-state index in [4.69, 9.17) is 0 Å². The zero-order valence-corrected chi connectivity index (χ0v) is 17.1. The van der Waals surface area contributed by atoms with Crippen LogP contribution in [0.2, 0.25) is 0 Å². The zero-order chi connectivity index (χ0) is 20.2. The van der Waals surface area contributed by atoms with Gasteiger partial charge in [-0.2, -0.15) is 0 Å². The van der Waals surface area contributed by atoms with Gasteiger partial charge in [0.25, 0.3) is 5.56 Å². The third kappa shape index (κ3) is 2.56. The largest absolute Gasteiger partial charge is 0.307 e. The Morgan fingerprint density at radius 3 is 2.40 bits per heavy atom. The molecule has 152 valence electrons. The fraction of sp³-hybridized carbons (Fsp3) is 0.385. The number of carbonyl (C=O) groups is 1. The van der Waals surface area contributed by atoms with Crippen molar-refractivity contribution in [2.24, 2.45) is 5.92 Å². The van der Waals surface area contributed by atoms with Crippen LogP contribution in [0.3, 0.4) is 0 Å². The van der Waals surface area contributed by atoms with Crippen molar-refractivity contribution in [2.75, 3.05) is 13.1 Å². The second kappa shape index (κ2) is 6.92. The molecular weight excluding hydrogens is 372 g/mol. The number of hydrogen-bond donors (Lipinski definition) is 0. The summed E-state index contributed by atoms with van der Waals surface area (Å²) in [5, 5.41) is 1.45. The fourth-order valence-corrected chi connectivity index (χ4v) is 6.13. The molecule has 3 aliphatic rings. The highest BCUT2D eigenvalue weighted by Gasteiger charge is 2.36. The van der Waals surface area contributed by atoms with E-state index in [1.165, 1.54) is 38.8 Å². The Morgan fingerprint density at radius 1 is 0.800 bits per heavy atom. The highest BCUT2D eigenvalue weighted by atomic mass is 16.1. The predicted molar refractivity (Wildman–Crippen MR) is 119 cm³/mol. The molecule has 30 heavy (non-hydrogen) atoms. The van der Waals surface area contributed by atoms with Gasteiger partial charge in [-0.25, -0.2) is 0 Å². The van der Waals surface area contributed by atoms with Crippen molar-refractivity contribution < 1.29 is 4.79 Å². The molecule has 2 aromatic carbocycles. The van der Waals surface area contributed by atoms with Crippen LogP contribution in [-0.4, -0.2) is 34.4 Å². The minimum absolute atomic E-state index is 0.0433. The number of hydrogen-bond acceptors (Lipinski definition) is 3. The zero-order valence-electron chi connectivity index (χ0n) is 17.1. The number of benzene rings is 2. The van der Waals surface area contributed by atoms with E-state index in [0.29, 0.717) is 29.5 Å². The lowest BCUT2D eigenvalue weighted by Crippen LogP contribution is -2.49. The van der Waals surface area contributed by atoms with Crippen molar-refractivity contribution in [1.82, 2.24) is 9.47 Å². The minimum Gasteiger partial charge on any atom is -0.307 e. The third-order valence-corrected chi connectivity index (χ3v) is 7.48. The normalized spacial score (nSPS) is 23.3. The SMILES string of the molecule is O=C1c2ccccc2-c2c1c1ccccc1c(=O)n2CC1CCCN2CCCCC12. The highest BCUT2D eigenvalue weighted by molar-refractivity contribution is 6.26. The van der Waals surface area contributed by atoms with Crippen molar-refractivity contribution in [1.29, 1.82) is 0 Å². The number of piperidine rings is 2. The molecule has 2 fully saturated rings. The maximum absolute atomic E-state index is 13.7. The Bertz CT molecular complexity index is 1220. The molecule has 2 atom stereocenters. The van der Waals surface area contributed by atoms with E-state index in [2.05, 4.69) is 4.90 Å². The molecule has 6 rings (SSSR count). The average Bonchev–Trinajstić information content (AvgIpc) is 3.09. The summed E-state index contributed by atoms with van der Waals surface area (Å²) in [6.07, 6.45) is 6.15. The van der Waals surface area contributed by atoms with Gasteiger partial charge in [0.2, 0.25) is 0 Å². The molecule has 3 aromatic rings. The first-order valence-electron chi connectivity index (χ1n) is 11.3. The van der Waals surface area contributed by atoms with Crippen molar-refractivity contribution >= 4 is 16.6 Å². The van der Waals surface area contributed by atoms with Crippen LogP contribution in [0, 0.1) is 5.92 Å². The van der Waals surface area contributed by atoms with Crippen molar-refractivity contribution in [3.63, 3.8) is 0 Å². The fourth-order valence-electron chi connectivity index (χ4n) is 6.13. The van der Waals surface area contributed by atoms with Crippen LogP contribution in [0.1, 0.15) is 48.0 Å². The molecular formula is C26H26N2O2. The topological polar surface area (TPSA) is 42.3 Å². The summed E-state index contributed by atoms with van der Waals surface area (Å²) in [5.41, 5.74) is 3.23. The van der Waals surface area contributed by atoms with Gasteiger partial charge in [-0.3, -0.25) is 9.59 Å². The van der Waals surface area contributed by atoms with Gasteiger partial charge in [-0.15, -0.1) is 0 Å². The van der Waals surface area contributed by atoms with E-state index in [1.807, 2.05) is 53.1 Å². The van der Waals surface area contributed by atoms with Gasteiger partial charge in [0, 0.05) is 34.5 Å². The Kier molecular flexibility index (Phi) is 4.17. The first kappa shape index (κ1) is 18.1. The first-order valence-corrected chi connectivity index (χ1v) is 11.3. The summed E-state index contributed by atoms with van der Waals surface area (Å²) in [5.74, 6) is 0.512. The van der Waals surface area contributed by atoms with Gasteiger partial charge in [-0.05, 0) is 50.8 Å². The Labute approximate surface area is 176 Å². The molecule has 3 heterocycles. The quantitative estimate of drug-likeness (QED) is 0.500. The number of carbonyl (C=O) groups excluding carboxylic acids is 1. The van der Waals surface area contributed by atoms with Crippen LogP contribution in [0.15, 0.2) is 53.3 Å². The van der Waals surface area contributed by atoms with E-state index in [-0.39, 0.29) is 11.3 Å². The minimum atomic E-state index is 0.0433. The van der Waals surface area contributed by atoms with Crippen LogP contribution in [-0.2, 0) is 6.54 Å². The van der Waals surface area contributed by atoms with Gasteiger partial charge in [-0.1, -0.05) is 48.9 Å². The van der Waals surface area contributed by atoms with Crippen LogP contribution in [0.5, 0.6) is 0 Å². The second-order valence-electron chi connectivity index (χ2n) is 9.06. The maximum atomic E-state index is 13.7. The summed E-state index contributed by atoms with van der Waals surface area (Å²) in [7, 11) is 0. The third-order valence-electron chi connectivity index (χ3n) is 7.48. The van der Waals surface area contributed by atoms with Crippen LogP contribution in [0.25, 0.3) is 22.0 Å². The molecule has 4 heteroatoms. The molecule has 4 nitrogen and oxygen atoms in total. The van der Waals surface area contributed by atoms with Crippen molar-refractivity contribution in [3.8, 4) is 11.3 Å². The predicted octanol–water partition coefficient (Wildman–Crippen LogP) is 4.48. The summed E-state index contributed by atoms with van der Waals surface area (Å²) >= 11 is 0. The number of ketones is 1. The van der Waals surface area contributed by atoms with E-state index in [1.54, 1.807) is 0 Å². The molecule has 1 aliphatic carbocycles. The molecule has 0 spiro atoms. The molecule has 0 saturated carbocycles. The molecule has 2 unspecified atom stereocenters. The summed E-state index contributed by atoms with van der Waals surface area (Å²) in [4.78, 5) is 29.7. The van der Waals surface area contributed by atoms with Gasteiger partial charge >= 0.3 is 0 Å². The van der Waals surface area contributed by atoms with Gasteiger partial charge < -0.3 is 9.47 Å². The smallest absolute Gasteiger partial charge is 0.258 e. The van der Waals surface area contributed by atoms with E-state index in [9.17, 15) is 9.59 Å². The lowest BCUT2D eigenvalue weighted by atomic mass is 9.83. The van der Waals surface area contributed by atoms with Gasteiger partial charge in [0.15, 0.2) is 5.78 Å². The average molecular weight is 399 g/mol. The summed E-state index contributed by atoms with van der Waals surface area (Å²) < 4.78 is 1.95. The van der Waals surface area contributed by atoms with E-state index < -0.39 is 0 Å². The highest BCUT2D eigenvalue weighted by Crippen LogP contribution is 2.40. The first-order chi connectivity index (χ1) is 14.7. The maximum Gasteiger partial charge on any atom is 0.258 e. The monoisotopic (exact) mass is 398 g/mol. The number of nitrogens with zero attached hydrogens (tertiary/aromatic N) is 2. The van der Waals surface area contributed by atoms with Crippen LogP contribution >= 0.6 is 0 Å². The summed E-state index contributed by atoms with van der Waals surface area (Å²) in [6, 6.07) is 15.9. The lowest BCUT2D eigenvalue weighted by Gasteiger charge is -2.44. The van der Waals surface area contributed by atoms with Crippen LogP contribution in [0.4, 0.5) is 0 Å². The standard InChI is InChI=1S/C26H26N2O2/c29-25-20-11-3-2-10-19(20)24-23(25)18-9-1-4-12-21(18)26(30)28(24)16-17-8-7-15-27-14-6-5-13-22(17)27/h1-4,9-12,17,22H,5-8,13-16H2. The number of aromatic nitrogens is 1. The lowest BCUT2D eigenvalue weighted by molar-refractivity contribution is 0.0517. The number of fused-ring (bicyclic) bond motifs is 6. The molecule has 1 aromatic heterocycles. The Hall–Kier alpha value is -2.72. The van der Waals surface area contributed by atoms with E-state index >= 15 is 0 Å². The summed E-state index contributed by atoms with van der Waals surface area (Å²) in [6.45, 7) is 3.08. The van der Waals surface area contributed by atoms with Crippen LogP contribution < -0.4 is 5.56 Å². The number of pyridine rings is 1. The van der Waals surface area contributed by atoms with Crippen molar-refractivity contribution in [2.45, 2.75) is 44.7 Å². The molecule has 2 saturated heterocycles.